The van der Waals surface area contributed by atoms with E-state index in [-0.39, 0.29) is 31.3 Å². The van der Waals surface area contributed by atoms with Gasteiger partial charge in [0.25, 0.3) is 0 Å². The van der Waals surface area contributed by atoms with E-state index >= 15 is 0 Å². The molecule has 0 unspecified atom stereocenters. The minimum absolute atomic E-state index is 0.0141. The van der Waals surface area contributed by atoms with E-state index in [1.165, 1.54) is 0 Å². The van der Waals surface area contributed by atoms with Gasteiger partial charge in [0, 0.05) is 25.6 Å². The smallest absolute Gasteiger partial charge is 0.246 e. The summed E-state index contributed by atoms with van der Waals surface area (Å²) in [5, 5.41) is 3.79. The first-order valence-corrected chi connectivity index (χ1v) is 7.85. The van der Waals surface area contributed by atoms with Crippen LogP contribution in [0.3, 0.4) is 0 Å². The molecule has 1 aliphatic carbocycles. The Balaban J connectivity index is 1.76. The zero-order valence-corrected chi connectivity index (χ0v) is 13.7. The maximum absolute atomic E-state index is 12.9. The number of likely N-dealkylation sites (N-methyl/N-ethyl adjacent to an activating group) is 1. The van der Waals surface area contributed by atoms with E-state index < -0.39 is 5.92 Å². The third-order valence-corrected chi connectivity index (χ3v) is 4.13. The number of ketones is 1. The normalized spacial score (nSPS) is 16.2. The minimum Gasteiger partial charge on any atom is -0.377 e. The lowest BCUT2D eigenvalue weighted by molar-refractivity contribution is -0.133. The zero-order chi connectivity index (χ0) is 17.1. The highest BCUT2D eigenvalue weighted by molar-refractivity contribution is 6.06. The molecule has 0 N–H and O–H groups in total. The number of nitrogens with zero attached hydrogens (tertiary/aromatic N) is 3. The fraction of sp³-hybridized carbons (Fsp3) is 0.412. The van der Waals surface area contributed by atoms with Gasteiger partial charge in [0.05, 0.1) is 12.5 Å². The Bertz CT molecular complexity index is 756. The molecule has 7 nitrogen and oxygen atoms in total. The van der Waals surface area contributed by atoms with E-state index in [0.717, 1.165) is 5.56 Å². The van der Waals surface area contributed by atoms with E-state index in [1.807, 2.05) is 25.1 Å². The highest BCUT2D eigenvalue weighted by atomic mass is 16.5. The summed E-state index contributed by atoms with van der Waals surface area (Å²) in [4.78, 5) is 30.8. The van der Waals surface area contributed by atoms with Crippen molar-refractivity contribution < 1.29 is 18.8 Å². The maximum atomic E-state index is 12.9. The van der Waals surface area contributed by atoms with Crippen LogP contribution in [0.5, 0.6) is 0 Å². The second-order valence-electron chi connectivity index (χ2n) is 5.66. The maximum Gasteiger partial charge on any atom is 0.246 e. The Morgan fingerprint density at radius 3 is 2.96 bits per heavy atom. The van der Waals surface area contributed by atoms with Crippen LogP contribution in [0.25, 0.3) is 0 Å². The van der Waals surface area contributed by atoms with Gasteiger partial charge in [-0.25, -0.2) is 0 Å². The molecule has 1 aliphatic rings. The van der Waals surface area contributed by atoms with Gasteiger partial charge in [0.1, 0.15) is 6.61 Å². The van der Waals surface area contributed by atoms with E-state index in [1.54, 1.807) is 18.1 Å². The van der Waals surface area contributed by atoms with Crippen LogP contribution in [0.4, 0.5) is 0 Å². The first-order chi connectivity index (χ1) is 11.6. The van der Waals surface area contributed by atoms with Gasteiger partial charge in [-0.3, -0.25) is 9.59 Å². The van der Waals surface area contributed by atoms with Gasteiger partial charge < -0.3 is 14.2 Å². The Labute approximate surface area is 139 Å². The third kappa shape index (κ3) is 3.07. The first kappa shape index (κ1) is 16.3. The Morgan fingerprint density at radius 2 is 2.21 bits per heavy atom. The molecule has 1 aromatic heterocycles. The number of hydrogen-bond acceptors (Lipinski definition) is 6. The summed E-state index contributed by atoms with van der Waals surface area (Å²) in [6.07, 6.45) is 0.216. The van der Waals surface area contributed by atoms with Gasteiger partial charge in [-0.2, -0.15) is 4.98 Å². The number of amides is 1. The largest absolute Gasteiger partial charge is 0.377 e. The van der Waals surface area contributed by atoms with Crippen LogP contribution in [-0.2, 0) is 22.7 Å². The fourth-order valence-electron chi connectivity index (χ4n) is 2.95. The molecule has 1 aromatic carbocycles. The molecule has 1 atom stereocenters. The summed E-state index contributed by atoms with van der Waals surface area (Å²) in [5.41, 5.74) is 1.45. The molecule has 0 bridgehead atoms. The number of methoxy groups -OCH3 is 1. The lowest BCUT2D eigenvalue weighted by Crippen LogP contribution is -2.34. The van der Waals surface area contributed by atoms with Gasteiger partial charge in [-0.15, -0.1) is 0 Å². The molecule has 0 radical (unpaired) electrons. The zero-order valence-electron chi connectivity index (χ0n) is 13.7. The van der Waals surface area contributed by atoms with E-state index in [0.29, 0.717) is 23.8 Å². The molecule has 126 valence electrons. The Hall–Kier alpha value is -2.54. The van der Waals surface area contributed by atoms with Crippen LogP contribution in [0.2, 0.25) is 0 Å². The molecular formula is C17H19N3O4. The monoisotopic (exact) mass is 329 g/mol. The fourth-order valence-corrected chi connectivity index (χ4v) is 2.95. The highest BCUT2D eigenvalue weighted by Crippen LogP contribution is 2.34. The SMILES string of the molecule is CCN(Cc1nc(COC)no1)C(=O)[C@H]1CC(=O)c2ccccc21. The number of fused-ring (bicyclic) bond motifs is 1. The molecule has 7 heteroatoms. The van der Waals surface area contributed by atoms with Crippen LogP contribution in [0.1, 0.15) is 46.9 Å². The summed E-state index contributed by atoms with van der Waals surface area (Å²) in [5.74, 6) is 0.282. The summed E-state index contributed by atoms with van der Waals surface area (Å²) >= 11 is 0. The first-order valence-electron chi connectivity index (χ1n) is 7.85. The Kier molecular flexibility index (Phi) is 4.71. The number of carbonyl (C=O) groups excluding carboxylic acids is 2. The van der Waals surface area contributed by atoms with Gasteiger partial charge >= 0.3 is 0 Å². The highest BCUT2D eigenvalue weighted by Gasteiger charge is 2.36. The molecule has 0 saturated carbocycles. The lowest BCUT2D eigenvalue weighted by Gasteiger charge is -2.22. The number of hydrogen-bond donors (Lipinski definition) is 0. The van der Waals surface area contributed by atoms with Crippen molar-refractivity contribution in [2.45, 2.75) is 32.4 Å². The second-order valence-corrected chi connectivity index (χ2v) is 5.66. The molecular weight excluding hydrogens is 310 g/mol. The summed E-state index contributed by atoms with van der Waals surface area (Å²) in [6, 6.07) is 7.29. The molecule has 2 aromatic rings. The van der Waals surface area contributed by atoms with Crippen molar-refractivity contribution in [3.63, 3.8) is 0 Å². The molecule has 0 spiro atoms. The number of benzene rings is 1. The molecule has 0 fully saturated rings. The van der Waals surface area contributed by atoms with Crippen molar-refractivity contribution in [2.75, 3.05) is 13.7 Å². The predicted octanol–water partition coefficient (Wildman–Crippen LogP) is 1.93. The standard InChI is InChI=1S/C17H19N3O4/c1-3-20(9-16-18-15(10-23-2)19-24-16)17(22)13-8-14(21)12-7-5-4-6-11(12)13/h4-7,13H,3,8-10H2,1-2H3/t13-/m0/s1. The summed E-state index contributed by atoms with van der Waals surface area (Å²) < 4.78 is 10.1. The Morgan fingerprint density at radius 1 is 1.42 bits per heavy atom. The van der Waals surface area contributed by atoms with Crippen molar-refractivity contribution in [3.05, 3.63) is 47.1 Å². The molecule has 1 heterocycles. The average Bonchev–Trinajstić information content (AvgIpc) is 3.17. The quantitative estimate of drug-likeness (QED) is 0.805. The number of carbonyl (C=O) groups is 2. The van der Waals surface area contributed by atoms with E-state index in [4.69, 9.17) is 9.26 Å². The molecule has 24 heavy (non-hydrogen) atoms. The lowest BCUT2D eigenvalue weighted by atomic mass is 10.00. The van der Waals surface area contributed by atoms with Crippen LogP contribution in [0, 0.1) is 0 Å². The van der Waals surface area contributed by atoms with Crippen LogP contribution in [-0.4, -0.2) is 40.4 Å². The van der Waals surface area contributed by atoms with Crippen molar-refractivity contribution in [2.24, 2.45) is 0 Å². The molecule has 0 aliphatic heterocycles. The van der Waals surface area contributed by atoms with Crippen LogP contribution in [0.15, 0.2) is 28.8 Å². The van der Waals surface area contributed by atoms with Crippen molar-refractivity contribution in [1.82, 2.24) is 15.0 Å². The predicted molar refractivity (Wildman–Crippen MR) is 84.2 cm³/mol. The summed E-state index contributed by atoms with van der Waals surface area (Å²) in [7, 11) is 1.55. The van der Waals surface area contributed by atoms with Crippen molar-refractivity contribution in [3.8, 4) is 0 Å². The molecule has 0 saturated heterocycles. The third-order valence-electron chi connectivity index (χ3n) is 4.13. The number of ether oxygens (including phenoxy) is 1. The van der Waals surface area contributed by atoms with Gasteiger partial charge in [-0.1, -0.05) is 29.4 Å². The van der Waals surface area contributed by atoms with E-state index in [2.05, 4.69) is 10.1 Å². The van der Waals surface area contributed by atoms with Crippen molar-refractivity contribution >= 4 is 11.7 Å². The number of rotatable bonds is 6. The van der Waals surface area contributed by atoms with E-state index in [9.17, 15) is 9.59 Å². The summed E-state index contributed by atoms with van der Waals surface area (Å²) in [6.45, 7) is 2.85. The van der Waals surface area contributed by atoms with Gasteiger partial charge in [0.2, 0.25) is 11.8 Å². The minimum atomic E-state index is -0.435. The topological polar surface area (TPSA) is 85.5 Å². The molecule has 3 rings (SSSR count). The second kappa shape index (κ2) is 6.92. The van der Waals surface area contributed by atoms with Crippen molar-refractivity contribution in [1.29, 1.82) is 0 Å². The van der Waals surface area contributed by atoms with Gasteiger partial charge in [0.15, 0.2) is 11.6 Å². The molecule has 1 amide bonds. The van der Waals surface area contributed by atoms with Crippen LogP contribution < -0.4 is 0 Å². The van der Waals surface area contributed by atoms with Gasteiger partial charge in [-0.05, 0) is 12.5 Å². The van der Waals surface area contributed by atoms with Crippen LogP contribution >= 0.6 is 0 Å². The number of aromatic nitrogens is 2. The average molecular weight is 329 g/mol. The number of Topliss-reactive ketones (excluding diaryl/α,β-unsaturated/α-hetero) is 1.